The number of hydrogen-bond acceptors (Lipinski definition) is 4. The lowest BCUT2D eigenvalue weighted by Gasteiger charge is -2.42. The molecule has 2 atom stereocenters. The first kappa shape index (κ1) is 33.1. The molecule has 21 heteroatoms. The van der Waals surface area contributed by atoms with Crippen LogP contribution in [0.25, 0.3) is 0 Å². The highest BCUT2D eigenvalue weighted by molar-refractivity contribution is 6.44. The molecule has 0 heterocycles. The number of hydrogen-bond donors (Lipinski definition) is 2. The molecule has 218 valence electrons. The second-order valence-corrected chi connectivity index (χ2v) is 8.08. The quantitative estimate of drug-likeness (QED) is 0.288. The molecule has 0 spiro atoms. The molecule has 4 nitrogen and oxygen atoms in total. The molecule has 0 aromatic rings. The summed E-state index contributed by atoms with van der Waals surface area (Å²) in [5, 5.41) is 11.1. The zero-order chi connectivity index (χ0) is 30.1. The van der Waals surface area contributed by atoms with Gasteiger partial charge in [0.1, 0.15) is 5.60 Å². The number of aliphatic hydroxyl groups is 1. The molecule has 37 heavy (non-hydrogen) atoms. The first-order chi connectivity index (χ1) is 15.9. The predicted octanol–water partition coefficient (Wildman–Crippen LogP) is 4.64. The summed E-state index contributed by atoms with van der Waals surface area (Å²) in [7, 11) is 0. The molecule has 0 aromatic carbocycles. The topological polar surface area (TPSA) is 66.4 Å². The van der Waals surface area contributed by atoms with E-state index in [9.17, 15) is 89.3 Å². The fraction of sp³-hybridized carbons (Fsp3) is 0.875. The van der Waals surface area contributed by atoms with Crippen LogP contribution in [-0.2, 0) is 9.59 Å². The Hall–Kier alpha value is -1.93. The van der Waals surface area contributed by atoms with Gasteiger partial charge in [0.15, 0.2) is 0 Å². The Morgan fingerprint density at radius 3 is 1.38 bits per heavy atom. The monoisotopic (exact) mass is 589 g/mol. The normalized spacial score (nSPS) is 23.7. The third-order valence-corrected chi connectivity index (χ3v) is 5.25. The predicted molar refractivity (Wildman–Crippen MR) is 82.3 cm³/mol. The number of alkyl halides is 17. The van der Waals surface area contributed by atoms with Crippen molar-refractivity contribution in [3.05, 3.63) is 0 Å². The average Bonchev–Trinajstić information content (AvgIpc) is 2.88. The fourth-order valence-corrected chi connectivity index (χ4v) is 2.93. The van der Waals surface area contributed by atoms with E-state index in [4.69, 9.17) is 0 Å². The standard InChI is InChI=1S/C16H12F17NO3/c1-8(37)4-5(6(35)7(8)36)34-3-2-9(17,18)10(19,20)11(21,22)12(23,24)13(25,26)14(27,28)15(29,30)16(31,32)33/h5,34,37H,2-4H2,1H3. The van der Waals surface area contributed by atoms with Crippen molar-refractivity contribution in [3.63, 3.8) is 0 Å². The van der Waals surface area contributed by atoms with Crippen LogP contribution in [0.3, 0.4) is 0 Å². The molecule has 2 N–H and O–H groups in total. The smallest absolute Gasteiger partial charge is 0.382 e. The van der Waals surface area contributed by atoms with Gasteiger partial charge in [0.05, 0.1) is 6.04 Å². The third-order valence-electron chi connectivity index (χ3n) is 5.25. The van der Waals surface area contributed by atoms with E-state index >= 15 is 0 Å². The zero-order valence-corrected chi connectivity index (χ0v) is 17.4. The largest absolute Gasteiger partial charge is 0.460 e. The van der Waals surface area contributed by atoms with Crippen molar-refractivity contribution >= 4 is 11.6 Å². The van der Waals surface area contributed by atoms with Gasteiger partial charge in [0, 0.05) is 19.4 Å². The Kier molecular flexibility index (Phi) is 7.87. The summed E-state index contributed by atoms with van der Waals surface area (Å²) in [5.74, 6) is -60.1. The number of carbonyl (C=O) groups excluding carboxylic acids is 2. The van der Waals surface area contributed by atoms with Crippen LogP contribution >= 0.6 is 0 Å². The Morgan fingerprint density at radius 1 is 0.703 bits per heavy atom. The van der Waals surface area contributed by atoms with E-state index in [0.717, 1.165) is 6.92 Å². The second-order valence-electron chi connectivity index (χ2n) is 8.08. The van der Waals surface area contributed by atoms with Crippen molar-refractivity contribution in [2.75, 3.05) is 6.54 Å². The molecular formula is C16H12F17NO3. The van der Waals surface area contributed by atoms with E-state index < -0.39 is 90.2 Å². The number of rotatable bonds is 10. The summed E-state index contributed by atoms with van der Waals surface area (Å²) >= 11 is 0. The maximum atomic E-state index is 13.8. The zero-order valence-electron chi connectivity index (χ0n) is 17.4. The van der Waals surface area contributed by atoms with Gasteiger partial charge in [-0.3, -0.25) is 9.59 Å². The molecule has 0 amide bonds. The Morgan fingerprint density at radius 2 is 1.05 bits per heavy atom. The lowest BCUT2D eigenvalue weighted by molar-refractivity contribution is -0.461. The van der Waals surface area contributed by atoms with Crippen molar-refractivity contribution in [1.82, 2.24) is 5.32 Å². The van der Waals surface area contributed by atoms with Crippen LogP contribution in [0, 0.1) is 0 Å². The molecule has 1 aliphatic rings. The highest BCUT2D eigenvalue weighted by Crippen LogP contribution is 2.64. The molecule has 1 aliphatic carbocycles. The summed E-state index contributed by atoms with van der Waals surface area (Å²) in [6, 6.07) is -1.92. The lowest BCUT2D eigenvalue weighted by atomic mass is 9.88. The number of carbonyl (C=O) groups is 2. The van der Waals surface area contributed by atoms with Gasteiger partial charge in [0.25, 0.3) is 0 Å². The van der Waals surface area contributed by atoms with Crippen molar-refractivity contribution in [1.29, 1.82) is 0 Å². The minimum absolute atomic E-state index is 0.735. The summed E-state index contributed by atoms with van der Waals surface area (Å²) in [4.78, 5) is 22.9. The Bertz CT molecular complexity index is 909. The van der Waals surface area contributed by atoms with Crippen LogP contribution in [0.15, 0.2) is 0 Å². The van der Waals surface area contributed by atoms with Crippen molar-refractivity contribution in [2.45, 2.75) is 79.0 Å². The maximum Gasteiger partial charge on any atom is 0.460 e. The summed E-state index contributed by atoms with van der Waals surface area (Å²) in [6.07, 6.45) is -11.5. The van der Waals surface area contributed by atoms with Crippen LogP contribution in [0.1, 0.15) is 19.8 Å². The van der Waals surface area contributed by atoms with Crippen molar-refractivity contribution in [3.8, 4) is 0 Å². The van der Waals surface area contributed by atoms with Gasteiger partial charge in [-0.2, -0.15) is 74.6 Å². The van der Waals surface area contributed by atoms with Crippen LogP contribution in [-0.4, -0.2) is 82.5 Å². The number of nitrogens with one attached hydrogen (secondary N) is 1. The van der Waals surface area contributed by atoms with Crippen LogP contribution in [0.2, 0.25) is 0 Å². The van der Waals surface area contributed by atoms with E-state index in [1.54, 1.807) is 5.32 Å². The second kappa shape index (κ2) is 8.80. The van der Waals surface area contributed by atoms with Crippen LogP contribution < -0.4 is 5.32 Å². The molecule has 2 unspecified atom stereocenters. The van der Waals surface area contributed by atoms with E-state index in [1.165, 1.54) is 0 Å². The molecule has 1 fully saturated rings. The average molecular weight is 589 g/mol. The molecule has 1 saturated carbocycles. The number of halogens is 17. The molecule has 0 aromatic heterocycles. The van der Waals surface area contributed by atoms with Crippen LogP contribution in [0.5, 0.6) is 0 Å². The highest BCUT2D eigenvalue weighted by atomic mass is 19.4. The van der Waals surface area contributed by atoms with Crippen LogP contribution in [0.4, 0.5) is 74.6 Å². The SMILES string of the molecule is CC1(O)CC(NCCC(F)(F)C(F)(F)C(F)(F)C(F)(F)C(F)(F)C(F)(F)C(F)(F)C(F)(F)F)C(=O)C1=O. The summed E-state index contributed by atoms with van der Waals surface area (Å²) in [6.45, 7) is -1.05. The van der Waals surface area contributed by atoms with Crippen molar-refractivity contribution < 1.29 is 89.3 Å². The minimum atomic E-state index is -8.71. The Labute approximate surface area is 193 Å². The number of ketones is 2. The van der Waals surface area contributed by atoms with Gasteiger partial charge in [-0.1, -0.05) is 0 Å². The summed E-state index contributed by atoms with van der Waals surface area (Å²) < 4.78 is 224. The van der Waals surface area contributed by atoms with E-state index in [2.05, 4.69) is 0 Å². The molecular weight excluding hydrogens is 577 g/mol. The van der Waals surface area contributed by atoms with Gasteiger partial charge in [0.2, 0.25) is 11.6 Å². The van der Waals surface area contributed by atoms with Gasteiger partial charge in [-0.05, 0) is 6.92 Å². The van der Waals surface area contributed by atoms with E-state index in [0.29, 0.717) is 0 Å². The maximum absolute atomic E-state index is 13.8. The summed E-state index contributed by atoms with van der Waals surface area (Å²) in [5.41, 5.74) is -2.40. The molecule has 1 rings (SSSR count). The molecule has 0 saturated heterocycles. The van der Waals surface area contributed by atoms with E-state index in [1.807, 2.05) is 0 Å². The van der Waals surface area contributed by atoms with Crippen molar-refractivity contribution in [2.24, 2.45) is 0 Å². The fourth-order valence-electron chi connectivity index (χ4n) is 2.93. The first-order valence-electron chi connectivity index (χ1n) is 9.14. The van der Waals surface area contributed by atoms with Gasteiger partial charge >= 0.3 is 47.6 Å². The highest BCUT2D eigenvalue weighted by Gasteiger charge is 2.95. The van der Waals surface area contributed by atoms with Gasteiger partial charge < -0.3 is 10.4 Å². The van der Waals surface area contributed by atoms with Gasteiger partial charge in [-0.15, -0.1) is 0 Å². The molecule has 0 radical (unpaired) electrons. The lowest BCUT2D eigenvalue weighted by Crippen LogP contribution is -2.74. The number of Topliss-reactive ketones (excluding diaryl/α,β-unsaturated/α-hetero) is 2. The van der Waals surface area contributed by atoms with Gasteiger partial charge in [-0.25, -0.2) is 0 Å². The minimum Gasteiger partial charge on any atom is -0.382 e. The molecule has 0 bridgehead atoms. The first-order valence-corrected chi connectivity index (χ1v) is 9.14. The molecule has 0 aliphatic heterocycles. The Balaban J connectivity index is 3.30. The van der Waals surface area contributed by atoms with E-state index in [-0.39, 0.29) is 0 Å². The third kappa shape index (κ3) is 4.62.